The molecule has 6 heteroatoms. The van der Waals surface area contributed by atoms with E-state index in [0.29, 0.717) is 25.9 Å². The van der Waals surface area contributed by atoms with Crippen LogP contribution in [0.3, 0.4) is 0 Å². The minimum Gasteiger partial charge on any atom is -0.480 e. The first kappa shape index (κ1) is 18.4. The maximum atomic E-state index is 11.7. The second-order valence-corrected chi connectivity index (χ2v) is 5.05. The molecule has 2 amide bonds. The molecule has 1 atom stereocenters. The Morgan fingerprint density at radius 3 is 2.05 bits per heavy atom. The standard InChI is InChI=1S/C14H26N2O4/c1-5-16(6-2)12(18)9-7-8-11(17)15-13(10(3)4)14(19)20/h10,13H,5-9H2,1-4H3,(H,15,17)(H,19,20)/t13-/m1/s1. The predicted octanol–water partition coefficient (Wildman–Crippen LogP) is 1.25. The molecule has 0 aliphatic carbocycles. The first-order chi connectivity index (χ1) is 9.33. The lowest BCUT2D eigenvalue weighted by atomic mass is 10.0. The minimum absolute atomic E-state index is 0.0291. The Morgan fingerprint density at radius 1 is 1.10 bits per heavy atom. The third-order valence-electron chi connectivity index (χ3n) is 3.16. The fourth-order valence-corrected chi connectivity index (χ4v) is 1.89. The lowest BCUT2D eigenvalue weighted by molar-refractivity contribution is -0.143. The van der Waals surface area contributed by atoms with Crippen LogP contribution in [-0.4, -0.2) is 46.9 Å². The fourth-order valence-electron chi connectivity index (χ4n) is 1.89. The second kappa shape index (κ2) is 9.34. The summed E-state index contributed by atoms with van der Waals surface area (Å²) < 4.78 is 0. The molecule has 0 aromatic heterocycles. The normalized spacial score (nSPS) is 12.1. The molecule has 0 saturated heterocycles. The molecule has 0 radical (unpaired) electrons. The van der Waals surface area contributed by atoms with Crippen LogP contribution in [0, 0.1) is 5.92 Å². The number of aliphatic carboxylic acids is 1. The molecule has 6 nitrogen and oxygen atoms in total. The van der Waals surface area contributed by atoms with Crippen molar-refractivity contribution >= 4 is 17.8 Å². The largest absolute Gasteiger partial charge is 0.480 e. The summed E-state index contributed by atoms with van der Waals surface area (Å²) in [4.78, 5) is 36.0. The Labute approximate surface area is 120 Å². The van der Waals surface area contributed by atoms with Gasteiger partial charge in [0.2, 0.25) is 11.8 Å². The van der Waals surface area contributed by atoms with Gasteiger partial charge in [-0.2, -0.15) is 0 Å². The number of nitrogens with zero attached hydrogens (tertiary/aromatic N) is 1. The van der Waals surface area contributed by atoms with Gasteiger partial charge in [-0.05, 0) is 26.2 Å². The number of hydrogen-bond acceptors (Lipinski definition) is 3. The first-order valence-corrected chi connectivity index (χ1v) is 7.13. The van der Waals surface area contributed by atoms with Crippen molar-refractivity contribution in [3.05, 3.63) is 0 Å². The molecule has 0 aromatic carbocycles. The number of carboxylic acid groups (broad SMARTS) is 1. The fraction of sp³-hybridized carbons (Fsp3) is 0.786. The molecule has 0 fully saturated rings. The van der Waals surface area contributed by atoms with E-state index in [9.17, 15) is 14.4 Å². The smallest absolute Gasteiger partial charge is 0.326 e. The van der Waals surface area contributed by atoms with Crippen LogP contribution >= 0.6 is 0 Å². The highest BCUT2D eigenvalue weighted by atomic mass is 16.4. The van der Waals surface area contributed by atoms with Crippen LogP contribution in [0.5, 0.6) is 0 Å². The molecule has 0 aliphatic heterocycles. The average molecular weight is 286 g/mol. The summed E-state index contributed by atoms with van der Waals surface area (Å²) >= 11 is 0. The second-order valence-electron chi connectivity index (χ2n) is 5.05. The van der Waals surface area contributed by atoms with E-state index in [2.05, 4.69) is 5.32 Å². The van der Waals surface area contributed by atoms with Crippen molar-refractivity contribution in [2.24, 2.45) is 5.92 Å². The summed E-state index contributed by atoms with van der Waals surface area (Å²) in [6.07, 6.45) is 0.920. The maximum Gasteiger partial charge on any atom is 0.326 e. The van der Waals surface area contributed by atoms with Gasteiger partial charge in [0.05, 0.1) is 0 Å². The number of nitrogens with one attached hydrogen (secondary N) is 1. The molecule has 0 aromatic rings. The van der Waals surface area contributed by atoms with Gasteiger partial charge < -0.3 is 15.3 Å². The number of carbonyl (C=O) groups excluding carboxylic acids is 2. The van der Waals surface area contributed by atoms with Gasteiger partial charge in [0, 0.05) is 25.9 Å². The zero-order valence-corrected chi connectivity index (χ0v) is 12.8. The highest BCUT2D eigenvalue weighted by molar-refractivity contribution is 5.84. The first-order valence-electron chi connectivity index (χ1n) is 7.13. The summed E-state index contributed by atoms with van der Waals surface area (Å²) in [6, 6.07) is -0.874. The van der Waals surface area contributed by atoms with Gasteiger partial charge in [-0.3, -0.25) is 9.59 Å². The zero-order valence-electron chi connectivity index (χ0n) is 12.8. The van der Waals surface area contributed by atoms with Gasteiger partial charge in [-0.1, -0.05) is 13.8 Å². The van der Waals surface area contributed by atoms with E-state index in [0.717, 1.165) is 0 Å². The lowest BCUT2D eigenvalue weighted by Crippen LogP contribution is -2.44. The Bertz CT molecular complexity index is 338. The molecule has 0 aliphatic rings. The topological polar surface area (TPSA) is 86.7 Å². The van der Waals surface area contributed by atoms with Crippen molar-refractivity contribution in [2.45, 2.75) is 53.0 Å². The minimum atomic E-state index is -1.03. The molecule has 0 unspecified atom stereocenters. The third kappa shape index (κ3) is 6.54. The SMILES string of the molecule is CCN(CC)C(=O)CCCC(=O)N[C@@H](C(=O)O)C(C)C. The number of carboxylic acids is 1. The highest BCUT2D eigenvalue weighted by Crippen LogP contribution is 2.05. The van der Waals surface area contributed by atoms with Crippen LogP contribution in [0.4, 0.5) is 0 Å². The van der Waals surface area contributed by atoms with Crippen LogP contribution in [0.15, 0.2) is 0 Å². The maximum absolute atomic E-state index is 11.7. The van der Waals surface area contributed by atoms with E-state index in [-0.39, 0.29) is 24.2 Å². The van der Waals surface area contributed by atoms with Crippen molar-refractivity contribution in [1.82, 2.24) is 10.2 Å². The van der Waals surface area contributed by atoms with E-state index >= 15 is 0 Å². The molecule has 116 valence electrons. The molecule has 0 saturated carbocycles. The summed E-state index contributed by atoms with van der Waals surface area (Å²) in [5.41, 5.74) is 0. The van der Waals surface area contributed by atoms with Crippen LogP contribution in [-0.2, 0) is 14.4 Å². The lowest BCUT2D eigenvalue weighted by Gasteiger charge is -2.19. The molecule has 0 heterocycles. The Hall–Kier alpha value is -1.59. The van der Waals surface area contributed by atoms with Gasteiger partial charge >= 0.3 is 5.97 Å². The predicted molar refractivity (Wildman–Crippen MR) is 76.2 cm³/mol. The molecular formula is C14H26N2O4. The summed E-state index contributed by atoms with van der Waals surface area (Å²) in [5.74, 6) is -1.50. The molecule has 0 rings (SSSR count). The average Bonchev–Trinajstić information content (AvgIpc) is 2.36. The van der Waals surface area contributed by atoms with Crippen LogP contribution in [0.2, 0.25) is 0 Å². The van der Waals surface area contributed by atoms with Crippen molar-refractivity contribution in [2.75, 3.05) is 13.1 Å². The van der Waals surface area contributed by atoms with E-state index in [1.165, 1.54) is 0 Å². The van der Waals surface area contributed by atoms with Crippen molar-refractivity contribution in [1.29, 1.82) is 0 Å². The number of carbonyl (C=O) groups is 3. The van der Waals surface area contributed by atoms with E-state index in [4.69, 9.17) is 5.11 Å². The van der Waals surface area contributed by atoms with Gasteiger partial charge in [-0.25, -0.2) is 4.79 Å². The summed E-state index contributed by atoms with van der Waals surface area (Å²) in [7, 11) is 0. The van der Waals surface area contributed by atoms with Gasteiger partial charge in [0.25, 0.3) is 0 Å². The third-order valence-corrected chi connectivity index (χ3v) is 3.16. The Morgan fingerprint density at radius 2 is 1.65 bits per heavy atom. The van der Waals surface area contributed by atoms with Gasteiger partial charge in [-0.15, -0.1) is 0 Å². The number of amides is 2. The van der Waals surface area contributed by atoms with Gasteiger partial charge in [0.15, 0.2) is 0 Å². The van der Waals surface area contributed by atoms with E-state index in [1.54, 1.807) is 18.7 Å². The van der Waals surface area contributed by atoms with Crippen LogP contribution < -0.4 is 5.32 Å². The Balaban J connectivity index is 4.11. The van der Waals surface area contributed by atoms with E-state index in [1.807, 2.05) is 13.8 Å². The quantitative estimate of drug-likeness (QED) is 0.668. The molecule has 0 bridgehead atoms. The summed E-state index contributed by atoms with van der Waals surface area (Å²) in [6.45, 7) is 8.63. The van der Waals surface area contributed by atoms with Crippen molar-refractivity contribution in [3.8, 4) is 0 Å². The van der Waals surface area contributed by atoms with Crippen molar-refractivity contribution < 1.29 is 19.5 Å². The zero-order chi connectivity index (χ0) is 15.7. The molecular weight excluding hydrogens is 260 g/mol. The summed E-state index contributed by atoms with van der Waals surface area (Å²) in [5, 5.41) is 11.5. The highest BCUT2D eigenvalue weighted by Gasteiger charge is 2.23. The van der Waals surface area contributed by atoms with Crippen molar-refractivity contribution in [3.63, 3.8) is 0 Å². The Kier molecular flexibility index (Phi) is 8.59. The number of rotatable bonds is 9. The van der Waals surface area contributed by atoms with Gasteiger partial charge in [0.1, 0.15) is 6.04 Å². The number of hydrogen-bond donors (Lipinski definition) is 2. The van der Waals surface area contributed by atoms with Crippen LogP contribution in [0.25, 0.3) is 0 Å². The molecule has 2 N–H and O–H groups in total. The monoisotopic (exact) mass is 286 g/mol. The molecule has 20 heavy (non-hydrogen) atoms. The van der Waals surface area contributed by atoms with E-state index < -0.39 is 12.0 Å². The van der Waals surface area contributed by atoms with Crippen LogP contribution in [0.1, 0.15) is 47.0 Å². The molecule has 0 spiro atoms.